The Morgan fingerprint density at radius 2 is 1.37 bits per heavy atom. The molecule has 6 heteroatoms. The van der Waals surface area contributed by atoms with Crippen molar-refractivity contribution in [2.24, 2.45) is 0 Å². The summed E-state index contributed by atoms with van der Waals surface area (Å²) in [4.78, 5) is 12.6. The Morgan fingerprint density at radius 3 is 1.97 bits per heavy atom. The lowest BCUT2D eigenvalue weighted by Gasteiger charge is -2.34. The molecule has 1 aliphatic heterocycles. The van der Waals surface area contributed by atoms with Gasteiger partial charge in [-0.05, 0) is 52.7 Å². The number of para-hydroxylation sites is 2. The van der Waals surface area contributed by atoms with Gasteiger partial charge in [-0.3, -0.25) is 4.79 Å². The molecule has 0 atom stereocenters. The van der Waals surface area contributed by atoms with Crippen LogP contribution >= 0.6 is 8.53 Å². The molecule has 30 heavy (non-hydrogen) atoms. The highest BCUT2D eigenvalue weighted by molar-refractivity contribution is 7.49. The Kier molecular flexibility index (Phi) is 11.7. The number of rotatable bonds is 5. The summed E-state index contributed by atoms with van der Waals surface area (Å²) < 4.78 is 14.7. The van der Waals surface area contributed by atoms with E-state index in [-0.39, 0.29) is 18.1 Å². The van der Waals surface area contributed by atoms with Gasteiger partial charge in [-0.25, -0.2) is 0 Å². The molecule has 5 nitrogen and oxygen atoms in total. The van der Waals surface area contributed by atoms with Crippen LogP contribution in [0.2, 0.25) is 0 Å². The predicted octanol–water partition coefficient (Wildman–Crippen LogP) is 7.42. The Labute approximate surface area is 184 Å². The van der Waals surface area contributed by atoms with Gasteiger partial charge in [-0.2, -0.15) is 0 Å². The van der Waals surface area contributed by atoms with E-state index >= 15 is 0 Å². The van der Waals surface area contributed by atoms with Crippen LogP contribution in [0.4, 0.5) is 11.4 Å². The Bertz CT molecular complexity index is 614. The fourth-order valence-corrected chi connectivity index (χ4v) is 5.24. The number of amides is 1. The molecule has 1 heterocycles. The highest BCUT2D eigenvalue weighted by Crippen LogP contribution is 2.50. The van der Waals surface area contributed by atoms with E-state index in [1.807, 2.05) is 45.9 Å². The zero-order valence-electron chi connectivity index (χ0n) is 19.4. The molecule has 0 radical (unpaired) electrons. The number of nitrogens with zero attached hydrogens (tertiary/aromatic N) is 1. The van der Waals surface area contributed by atoms with Crippen LogP contribution in [0.25, 0.3) is 0 Å². The molecule has 1 N–H and O–H groups in total. The summed E-state index contributed by atoms with van der Waals surface area (Å²) in [5, 5.41) is 3.15. The lowest BCUT2D eigenvalue weighted by atomic mass is 10.1. The number of carbonyl (C=O) groups is 1. The van der Waals surface area contributed by atoms with Crippen molar-refractivity contribution in [3.8, 4) is 0 Å². The molecule has 1 aromatic carbocycles. The van der Waals surface area contributed by atoms with E-state index in [0.717, 1.165) is 37.2 Å². The minimum absolute atomic E-state index is 0.0666. The number of nitrogens with one attached hydrogen (secondary N) is 1. The molecule has 0 saturated carbocycles. The zero-order valence-corrected chi connectivity index (χ0v) is 20.3. The van der Waals surface area contributed by atoms with Crippen molar-refractivity contribution in [3.05, 3.63) is 24.3 Å². The molecule has 0 unspecified atom stereocenters. The summed E-state index contributed by atoms with van der Waals surface area (Å²) in [5.74, 6) is 0.0911. The Morgan fingerprint density at radius 1 is 0.833 bits per heavy atom. The van der Waals surface area contributed by atoms with Crippen molar-refractivity contribution in [1.29, 1.82) is 0 Å². The summed E-state index contributed by atoms with van der Waals surface area (Å²) in [6.45, 7) is 9.04. The number of fused-ring (bicyclic) bond motifs is 1. The van der Waals surface area contributed by atoms with E-state index in [0.29, 0.717) is 6.42 Å². The minimum Gasteiger partial charge on any atom is -0.324 e. The van der Waals surface area contributed by atoms with Gasteiger partial charge < -0.3 is 19.0 Å². The Hall–Kier alpha value is -1.16. The van der Waals surface area contributed by atoms with Crippen molar-refractivity contribution in [1.82, 2.24) is 0 Å². The molecule has 0 aliphatic carbocycles. The third-order valence-electron chi connectivity index (χ3n) is 5.03. The van der Waals surface area contributed by atoms with Crippen molar-refractivity contribution in [2.75, 3.05) is 16.5 Å². The van der Waals surface area contributed by atoms with E-state index in [9.17, 15) is 4.79 Å². The summed E-state index contributed by atoms with van der Waals surface area (Å²) in [6, 6.07) is 8.06. The third-order valence-corrected chi connectivity index (χ3v) is 7.04. The van der Waals surface area contributed by atoms with E-state index < -0.39 is 8.53 Å². The zero-order chi connectivity index (χ0) is 21.8. The van der Waals surface area contributed by atoms with Crippen LogP contribution in [0.1, 0.15) is 91.9 Å². The topological polar surface area (TPSA) is 50.8 Å². The molecule has 0 aromatic heterocycles. The lowest BCUT2D eigenvalue weighted by Crippen LogP contribution is -2.25. The van der Waals surface area contributed by atoms with Crippen LogP contribution < -0.4 is 9.99 Å². The molecule has 0 fully saturated rings. The van der Waals surface area contributed by atoms with Gasteiger partial charge in [-0.15, -0.1) is 0 Å². The monoisotopic (exact) mass is 436 g/mol. The summed E-state index contributed by atoms with van der Waals surface area (Å²) in [7, 11) is -1.26. The van der Waals surface area contributed by atoms with E-state index in [1.165, 1.54) is 38.5 Å². The second-order valence-corrected chi connectivity index (χ2v) is 10.0. The lowest BCUT2D eigenvalue weighted by molar-refractivity contribution is -0.116. The van der Waals surface area contributed by atoms with Crippen LogP contribution in [0.5, 0.6) is 0 Å². The molecule has 1 aliphatic rings. The van der Waals surface area contributed by atoms with Gasteiger partial charge in [0.05, 0.1) is 23.6 Å². The number of benzene rings is 1. The van der Waals surface area contributed by atoms with Crippen LogP contribution in [0.15, 0.2) is 24.3 Å². The summed E-state index contributed by atoms with van der Waals surface area (Å²) in [6.07, 6.45) is 11.5. The smallest absolute Gasteiger partial charge is 0.290 e. The molecule has 1 amide bonds. The first-order valence-corrected chi connectivity index (χ1v) is 12.9. The fraction of sp³-hybridized carbons (Fsp3) is 0.708. The van der Waals surface area contributed by atoms with Crippen LogP contribution in [0.3, 0.4) is 0 Å². The highest BCUT2D eigenvalue weighted by atomic mass is 31.2. The Balaban J connectivity index is 2.29. The van der Waals surface area contributed by atoms with Crippen LogP contribution in [0, 0.1) is 0 Å². The first-order valence-electron chi connectivity index (χ1n) is 11.8. The maximum atomic E-state index is 12.6. The number of carbonyl (C=O) groups excluding carboxylic acids is 1. The molecular formula is C24H41N2O3P. The van der Waals surface area contributed by atoms with Gasteiger partial charge in [0.15, 0.2) is 0 Å². The minimum atomic E-state index is -1.26. The van der Waals surface area contributed by atoms with E-state index in [2.05, 4.69) is 16.1 Å². The molecule has 2 rings (SSSR count). The van der Waals surface area contributed by atoms with Crippen molar-refractivity contribution in [3.63, 3.8) is 0 Å². The first kappa shape index (κ1) is 25.1. The second kappa shape index (κ2) is 14.0. The van der Waals surface area contributed by atoms with E-state index in [4.69, 9.17) is 9.05 Å². The van der Waals surface area contributed by atoms with Crippen LogP contribution in [-0.4, -0.2) is 24.7 Å². The first-order chi connectivity index (χ1) is 14.5. The maximum Gasteiger partial charge on any atom is 0.290 e. The highest BCUT2D eigenvalue weighted by Gasteiger charge is 2.27. The maximum absolute atomic E-state index is 12.6. The molecule has 0 saturated heterocycles. The van der Waals surface area contributed by atoms with Crippen molar-refractivity contribution >= 4 is 25.8 Å². The van der Waals surface area contributed by atoms with Gasteiger partial charge in [0.1, 0.15) is 0 Å². The van der Waals surface area contributed by atoms with Crippen LogP contribution in [-0.2, 0) is 13.8 Å². The molecular weight excluding hydrogens is 395 g/mol. The molecule has 0 spiro atoms. The largest absolute Gasteiger partial charge is 0.324 e. The van der Waals surface area contributed by atoms with E-state index in [1.54, 1.807) is 0 Å². The average molecular weight is 437 g/mol. The van der Waals surface area contributed by atoms with Gasteiger partial charge in [0.2, 0.25) is 5.91 Å². The van der Waals surface area contributed by atoms with Gasteiger partial charge >= 0.3 is 0 Å². The molecule has 0 bridgehead atoms. The summed E-state index contributed by atoms with van der Waals surface area (Å²) >= 11 is 0. The van der Waals surface area contributed by atoms with Gasteiger partial charge in [0, 0.05) is 13.0 Å². The third kappa shape index (κ3) is 9.32. The SMILES string of the molecule is CC(C)OP(OC(C)C)N1CCCCCCCCCCCC(=O)Nc2ccccc21. The quantitative estimate of drug-likeness (QED) is 0.488. The fourth-order valence-electron chi connectivity index (χ4n) is 3.59. The normalized spacial score (nSPS) is 18.0. The average Bonchev–Trinajstić information content (AvgIpc) is 2.68. The summed E-state index contributed by atoms with van der Waals surface area (Å²) in [5.41, 5.74) is 1.84. The van der Waals surface area contributed by atoms with Gasteiger partial charge in [0.25, 0.3) is 8.53 Å². The van der Waals surface area contributed by atoms with Crippen molar-refractivity contribution < 1.29 is 13.8 Å². The standard InChI is InChI=1S/C24H41N2O3P/c1-20(2)28-30(29-21(3)4)26-19-15-11-9-7-5-6-8-10-12-18-24(27)25-22-16-13-14-17-23(22)26/h13-14,16-17,20-21H,5-12,15,18-19H2,1-4H3,(H,25,27). The van der Waals surface area contributed by atoms with Crippen molar-refractivity contribution in [2.45, 2.75) is 104 Å². The number of hydrogen-bond acceptors (Lipinski definition) is 4. The molecule has 170 valence electrons. The number of anilines is 2. The second-order valence-electron chi connectivity index (χ2n) is 8.67. The predicted molar refractivity (Wildman–Crippen MR) is 128 cm³/mol. The van der Waals surface area contributed by atoms with Gasteiger partial charge in [-0.1, -0.05) is 57.1 Å². The molecule has 1 aromatic rings. The number of hydrogen-bond donors (Lipinski definition) is 1.